The fourth-order valence-corrected chi connectivity index (χ4v) is 5.59. The molecule has 3 rings (SSSR count). The van der Waals surface area contributed by atoms with E-state index < -0.39 is 0 Å². The van der Waals surface area contributed by atoms with Crippen molar-refractivity contribution in [2.75, 3.05) is 0 Å². The SMILES string of the molecule is [CH2-]C1CCC(C2CCC(C3CCC(ON=C(C)C)CC3)CC2)CC1.[Y+3]. The van der Waals surface area contributed by atoms with Crippen LogP contribution in [0.1, 0.15) is 90.9 Å². The van der Waals surface area contributed by atoms with Crippen LogP contribution in [0.3, 0.4) is 0 Å². The Morgan fingerprint density at radius 1 is 0.680 bits per heavy atom. The van der Waals surface area contributed by atoms with E-state index in [0.29, 0.717) is 6.10 Å². The topological polar surface area (TPSA) is 21.6 Å². The van der Waals surface area contributed by atoms with E-state index in [2.05, 4.69) is 12.1 Å². The number of oxime groups is 1. The van der Waals surface area contributed by atoms with E-state index in [-0.39, 0.29) is 32.7 Å². The van der Waals surface area contributed by atoms with Crippen LogP contribution < -0.4 is 0 Å². The third-order valence-electron chi connectivity index (χ3n) is 7.14. The number of rotatable bonds is 4. The molecule has 3 saturated carbocycles. The summed E-state index contributed by atoms with van der Waals surface area (Å²) in [7, 11) is 0. The number of hydrogen-bond acceptors (Lipinski definition) is 2. The molecular formula is C22H38NOY+2. The molecule has 0 aromatic carbocycles. The smallest absolute Gasteiger partial charge is 0.393 e. The van der Waals surface area contributed by atoms with Gasteiger partial charge in [-0.1, -0.05) is 30.8 Å². The maximum Gasteiger partial charge on any atom is 3.00 e. The minimum atomic E-state index is 0. The predicted molar refractivity (Wildman–Crippen MR) is 102 cm³/mol. The van der Waals surface area contributed by atoms with Crippen LogP contribution in [-0.2, 0) is 37.5 Å². The van der Waals surface area contributed by atoms with Gasteiger partial charge in [-0.3, -0.25) is 0 Å². The standard InChI is InChI=1S/C22H38NO.Y/c1-16(2)23-24-22-14-12-21(13-15-22)20-10-8-19(9-11-20)18-6-4-17(3)5-7-18;/h17-22H,3-15H2,1-2H3;/q-1;+3. The van der Waals surface area contributed by atoms with Crippen LogP contribution in [0.4, 0.5) is 0 Å². The van der Waals surface area contributed by atoms with E-state index in [9.17, 15) is 0 Å². The van der Waals surface area contributed by atoms with Crippen LogP contribution in [0, 0.1) is 36.5 Å². The van der Waals surface area contributed by atoms with Gasteiger partial charge < -0.3 is 11.8 Å². The van der Waals surface area contributed by atoms with Gasteiger partial charge in [-0.25, -0.2) is 0 Å². The Morgan fingerprint density at radius 2 is 1.04 bits per heavy atom. The first kappa shape index (κ1) is 21.9. The zero-order valence-electron chi connectivity index (χ0n) is 16.6. The van der Waals surface area contributed by atoms with Crippen molar-refractivity contribution < 1.29 is 37.5 Å². The van der Waals surface area contributed by atoms with Crippen LogP contribution in [0.2, 0.25) is 0 Å². The van der Waals surface area contributed by atoms with Gasteiger partial charge in [0.2, 0.25) is 0 Å². The Bertz CT molecular complexity index is 396. The second kappa shape index (κ2) is 10.8. The van der Waals surface area contributed by atoms with E-state index in [4.69, 9.17) is 4.84 Å². The second-order valence-corrected chi connectivity index (χ2v) is 9.14. The molecule has 0 heterocycles. The molecule has 0 atom stereocenters. The Kier molecular flexibility index (Phi) is 9.44. The van der Waals surface area contributed by atoms with Gasteiger partial charge in [0.1, 0.15) is 6.10 Å². The summed E-state index contributed by atoms with van der Waals surface area (Å²) in [6, 6.07) is 0. The van der Waals surface area contributed by atoms with Gasteiger partial charge in [0.05, 0.1) is 5.71 Å². The van der Waals surface area contributed by atoms with Crippen molar-refractivity contribution in [2.24, 2.45) is 34.7 Å². The van der Waals surface area contributed by atoms with E-state index in [1.807, 2.05) is 13.8 Å². The Morgan fingerprint density at radius 3 is 1.44 bits per heavy atom. The summed E-state index contributed by atoms with van der Waals surface area (Å²) in [5, 5.41) is 4.16. The van der Waals surface area contributed by atoms with Gasteiger partial charge in [0, 0.05) is 0 Å². The zero-order chi connectivity index (χ0) is 16.9. The van der Waals surface area contributed by atoms with E-state index in [1.54, 1.807) is 0 Å². The average molecular weight is 421 g/mol. The van der Waals surface area contributed by atoms with Crippen molar-refractivity contribution in [3.63, 3.8) is 0 Å². The molecule has 0 spiro atoms. The molecule has 0 aliphatic heterocycles. The molecule has 3 heteroatoms. The van der Waals surface area contributed by atoms with Crippen molar-refractivity contribution in [1.29, 1.82) is 0 Å². The van der Waals surface area contributed by atoms with Crippen LogP contribution >= 0.6 is 0 Å². The van der Waals surface area contributed by atoms with Gasteiger partial charge in [0.25, 0.3) is 0 Å². The number of nitrogens with zero attached hydrogens (tertiary/aromatic N) is 1. The molecule has 3 fully saturated rings. The molecule has 3 aliphatic carbocycles. The maximum atomic E-state index is 5.67. The fourth-order valence-electron chi connectivity index (χ4n) is 5.59. The zero-order valence-corrected chi connectivity index (χ0v) is 19.4. The minimum absolute atomic E-state index is 0. The van der Waals surface area contributed by atoms with Gasteiger partial charge >= 0.3 is 32.7 Å². The van der Waals surface area contributed by atoms with Crippen molar-refractivity contribution >= 4 is 5.71 Å². The summed E-state index contributed by atoms with van der Waals surface area (Å²) < 4.78 is 0. The van der Waals surface area contributed by atoms with Crippen molar-refractivity contribution in [1.82, 2.24) is 0 Å². The molecule has 0 N–H and O–H groups in total. The Balaban J connectivity index is 0.00000225. The van der Waals surface area contributed by atoms with Gasteiger partial charge in [-0.05, 0) is 88.9 Å². The molecule has 2 nitrogen and oxygen atoms in total. The monoisotopic (exact) mass is 421 g/mol. The second-order valence-electron chi connectivity index (χ2n) is 9.14. The third-order valence-corrected chi connectivity index (χ3v) is 7.14. The predicted octanol–water partition coefficient (Wildman–Crippen LogP) is 6.40. The minimum Gasteiger partial charge on any atom is -0.393 e. The Hall–Kier alpha value is 0.574. The molecule has 0 aromatic rings. The first-order chi connectivity index (χ1) is 11.6. The summed E-state index contributed by atoms with van der Waals surface area (Å²) in [4.78, 5) is 5.67. The molecule has 0 radical (unpaired) electrons. The summed E-state index contributed by atoms with van der Waals surface area (Å²) in [6.45, 7) is 8.28. The third kappa shape index (κ3) is 6.60. The molecule has 0 amide bonds. The van der Waals surface area contributed by atoms with Crippen LogP contribution in [0.25, 0.3) is 0 Å². The van der Waals surface area contributed by atoms with Gasteiger partial charge in [0.15, 0.2) is 0 Å². The molecule has 0 bridgehead atoms. The van der Waals surface area contributed by atoms with Crippen LogP contribution in [0.5, 0.6) is 0 Å². The van der Waals surface area contributed by atoms with Gasteiger partial charge in [-0.2, -0.15) is 5.92 Å². The Labute approximate surface area is 181 Å². The quantitative estimate of drug-likeness (QED) is 0.292. The molecule has 3 aliphatic rings. The van der Waals surface area contributed by atoms with E-state index in [1.165, 1.54) is 77.0 Å². The van der Waals surface area contributed by atoms with Crippen molar-refractivity contribution in [2.45, 2.75) is 97.0 Å². The largest absolute Gasteiger partial charge is 3.00 e. The molecular weight excluding hydrogens is 383 g/mol. The summed E-state index contributed by atoms with van der Waals surface area (Å²) in [5.74, 6) is 4.78. The normalized spacial score (nSPS) is 39.2. The fraction of sp³-hybridized carbons (Fsp3) is 0.909. The molecule has 0 saturated heterocycles. The molecule has 25 heavy (non-hydrogen) atoms. The summed E-state index contributed by atoms with van der Waals surface area (Å²) in [5.41, 5.74) is 1.03. The van der Waals surface area contributed by atoms with Gasteiger partial charge in [-0.15, -0.1) is 0 Å². The van der Waals surface area contributed by atoms with Crippen LogP contribution in [-0.4, -0.2) is 11.8 Å². The van der Waals surface area contributed by atoms with E-state index in [0.717, 1.165) is 35.3 Å². The molecule has 138 valence electrons. The number of hydrogen-bond donors (Lipinski definition) is 0. The maximum absolute atomic E-state index is 5.67. The molecule has 0 unspecified atom stereocenters. The van der Waals surface area contributed by atoms with Crippen LogP contribution in [0.15, 0.2) is 5.16 Å². The molecule has 0 aromatic heterocycles. The first-order valence-corrected chi connectivity index (χ1v) is 10.6. The summed E-state index contributed by atoms with van der Waals surface area (Å²) >= 11 is 0. The van der Waals surface area contributed by atoms with Crippen molar-refractivity contribution in [3.8, 4) is 0 Å². The average Bonchev–Trinajstić information content (AvgIpc) is 2.61. The summed E-state index contributed by atoms with van der Waals surface area (Å²) in [6.07, 6.45) is 17.2. The van der Waals surface area contributed by atoms with E-state index >= 15 is 0 Å². The first-order valence-electron chi connectivity index (χ1n) is 10.6. The van der Waals surface area contributed by atoms with Crippen molar-refractivity contribution in [3.05, 3.63) is 6.92 Å².